The van der Waals surface area contributed by atoms with Crippen molar-refractivity contribution in [3.63, 3.8) is 0 Å². The highest BCUT2D eigenvalue weighted by atomic mass is 32.2. The van der Waals surface area contributed by atoms with E-state index in [-0.39, 0.29) is 0 Å². The Hall–Kier alpha value is 0.310. The molecule has 1 aliphatic carbocycles. The number of thioether (sulfide) groups is 1. The first kappa shape index (κ1) is 13.4. The van der Waals surface area contributed by atoms with Crippen molar-refractivity contribution in [3.8, 4) is 0 Å². The molecule has 0 aromatic carbocycles. The van der Waals surface area contributed by atoms with Crippen molar-refractivity contribution >= 4 is 11.8 Å². The molecular formula is C13H27NS. The van der Waals surface area contributed by atoms with E-state index in [1.54, 1.807) is 0 Å². The van der Waals surface area contributed by atoms with Gasteiger partial charge in [0.2, 0.25) is 0 Å². The fraction of sp³-hybridized carbons (Fsp3) is 1.00. The molecule has 0 saturated heterocycles. The zero-order valence-corrected chi connectivity index (χ0v) is 11.6. The molecule has 90 valence electrons. The Bertz CT molecular complexity index is 185. The minimum absolute atomic E-state index is 0.347. The molecular weight excluding hydrogens is 202 g/mol. The zero-order chi connectivity index (χ0) is 11.5. The normalized spacial score (nSPS) is 30.2. The van der Waals surface area contributed by atoms with Gasteiger partial charge in [-0.2, -0.15) is 11.8 Å². The average molecular weight is 229 g/mol. The molecule has 1 aliphatic rings. The standard InChI is InChI=1S/C13H27NS/c1-10-6-5-7-11(8-10)15-12(9-14)13(2,3)4/h10-12H,5-9,14H2,1-4H3. The summed E-state index contributed by atoms with van der Waals surface area (Å²) in [4.78, 5) is 0. The molecule has 0 aliphatic heterocycles. The fourth-order valence-electron chi connectivity index (χ4n) is 2.35. The third-order valence-electron chi connectivity index (χ3n) is 3.43. The summed E-state index contributed by atoms with van der Waals surface area (Å²) in [6, 6.07) is 0. The van der Waals surface area contributed by atoms with Crippen molar-refractivity contribution in [2.75, 3.05) is 6.54 Å². The van der Waals surface area contributed by atoms with E-state index in [1.807, 2.05) is 0 Å². The van der Waals surface area contributed by atoms with Crippen LogP contribution in [0.4, 0.5) is 0 Å². The van der Waals surface area contributed by atoms with E-state index >= 15 is 0 Å². The minimum Gasteiger partial charge on any atom is -0.329 e. The summed E-state index contributed by atoms with van der Waals surface area (Å²) < 4.78 is 0. The number of nitrogens with two attached hydrogens (primary N) is 1. The van der Waals surface area contributed by atoms with Crippen LogP contribution >= 0.6 is 11.8 Å². The third-order valence-corrected chi connectivity index (χ3v) is 5.47. The molecule has 3 atom stereocenters. The van der Waals surface area contributed by atoms with E-state index in [0.717, 1.165) is 17.7 Å². The quantitative estimate of drug-likeness (QED) is 0.799. The molecule has 0 bridgehead atoms. The van der Waals surface area contributed by atoms with Gasteiger partial charge in [0.15, 0.2) is 0 Å². The topological polar surface area (TPSA) is 26.0 Å². The molecule has 0 aromatic rings. The summed E-state index contributed by atoms with van der Waals surface area (Å²) in [6.07, 6.45) is 5.65. The lowest BCUT2D eigenvalue weighted by molar-refractivity contribution is 0.377. The van der Waals surface area contributed by atoms with Crippen LogP contribution in [0, 0.1) is 11.3 Å². The second kappa shape index (κ2) is 5.58. The van der Waals surface area contributed by atoms with E-state index in [1.165, 1.54) is 25.7 Å². The highest BCUT2D eigenvalue weighted by Gasteiger charge is 2.28. The van der Waals surface area contributed by atoms with Gasteiger partial charge in [-0.1, -0.05) is 40.5 Å². The average Bonchev–Trinajstić information content (AvgIpc) is 2.12. The van der Waals surface area contributed by atoms with E-state index in [0.29, 0.717) is 10.7 Å². The third kappa shape index (κ3) is 4.36. The first-order chi connectivity index (χ1) is 6.93. The van der Waals surface area contributed by atoms with Crippen molar-refractivity contribution in [1.29, 1.82) is 0 Å². The van der Waals surface area contributed by atoms with Gasteiger partial charge in [0, 0.05) is 17.0 Å². The van der Waals surface area contributed by atoms with Gasteiger partial charge < -0.3 is 5.73 Å². The van der Waals surface area contributed by atoms with Crippen molar-refractivity contribution in [1.82, 2.24) is 0 Å². The van der Waals surface area contributed by atoms with Gasteiger partial charge in [-0.25, -0.2) is 0 Å². The first-order valence-electron chi connectivity index (χ1n) is 6.29. The van der Waals surface area contributed by atoms with Crippen LogP contribution in [0.25, 0.3) is 0 Å². The molecule has 1 fully saturated rings. The van der Waals surface area contributed by atoms with E-state index < -0.39 is 0 Å². The Morgan fingerprint density at radius 3 is 2.47 bits per heavy atom. The summed E-state index contributed by atoms with van der Waals surface area (Å²) >= 11 is 2.15. The Kier molecular flexibility index (Phi) is 4.98. The maximum atomic E-state index is 5.89. The van der Waals surface area contributed by atoms with Crippen molar-refractivity contribution in [2.45, 2.75) is 63.9 Å². The summed E-state index contributed by atoms with van der Waals surface area (Å²) in [7, 11) is 0. The number of rotatable bonds is 3. The monoisotopic (exact) mass is 229 g/mol. The van der Waals surface area contributed by atoms with Gasteiger partial charge in [-0.15, -0.1) is 0 Å². The molecule has 1 rings (SSSR count). The Labute approximate surface area is 99.6 Å². The largest absolute Gasteiger partial charge is 0.329 e. The first-order valence-corrected chi connectivity index (χ1v) is 7.23. The van der Waals surface area contributed by atoms with E-state index in [2.05, 4.69) is 39.5 Å². The lowest BCUT2D eigenvalue weighted by Gasteiger charge is -2.35. The predicted molar refractivity (Wildman–Crippen MR) is 71.3 cm³/mol. The zero-order valence-electron chi connectivity index (χ0n) is 10.8. The number of hydrogen-bond acceptors (Lipinski definition) is 2. The molecule has 0 radical (unpaired) electrons. The summed E-state index contributed by atoms with van der Waals surface area (Å²) in [5.41, 5.74) is 6.24. The van der Waals surface area contributed by atoms with Crippen LogP contribution in [0.1, 0.15) is 53.4 Å². The molecule has 1 nitrogen and oxygen atoms in total. The molecule has 0 aromatic heterocycles. The van der Waals surface area contributed by atoms with Crippen LogP contribution in [0.15, 0.2) is 0 Å². The molecule has 2 heteroatoms. The Morgan fingerprint density at radius 2 is 2.00 bits per heavy atom. The smallest absolute Gasteiger partial charge is 0.0221 e. The van der Waals surface area contributed by atoms with Gasteiger partial charge in [0.05, 0.1) is 0 Å². The lowest BCUT2D eigenvalue weighted by Crippen LogP contribution is -2.33. The van der Waals surface area contributed by atoms with Crippen LogP contribution in [-0.4, -0.2) is 17.0 Å². The van der Waals surface area contributed by atoms with Crippen molar-refractivity contribution in [2.24, 2.45) is 17.1 Å². The van der Waals surface area contributed by atoms with Crippen LogP contribution in [0.3, 0.4) is 0 Å². The maximum absolute atomic E-state index is 5.89. The van der Waals surface area contributed by atoms with Crippen LogP contribution in [0.2, 0.25) is 0 Å². The summed E-state index contributed by atoms with van der Waals surface area (Å²) in [6.45, 7) is 10.1. The molecule has 0 heterocycles. The van der Waals surface area contributed by atoms with Crippen LogP contribution in [0.5, 0.6) is 0 Å². The Balaban J connectivity index is 2.44. The molecule has 3 unspecified atom stereocenters. The molecule has 0 spiro atoms. The van der Waals surface area contributed by atoms with Crippen LogP contribution in [-0.2, 0) is 0 Å². The van der Waals surface area contributed by atoms with Gasteiger partial charge in [0.1, 0.15) is 0 Å². The highest BCUT2D eigenvalue weighted by Crippen LogP contribution is 2.39. The molecule has 0 amide bonds. The van der Waals surface area contributed by atoms with Crippen molar-refractivity contribution in [3.05, 3.63) is 0 Å². The fourth-order valence-corrected chi connectivity index (χ4v) is 4.07. The van der Waals surface area contributed by atoms with E-state index in [4.69, 9.17) is 5.73 Å². The van der Waals surface area contributed by atoms with Crippen LogP contribution < -0.4 is 5.73 Å². The molecule has 2 N–H and O–H groups in total. The number of hydrogen-bond donors (Lipinski definition) is 1. The summed E-state index contributed by atoms with van der Waals surface area (Å²) in [5.74, 6) is 0.926. The Morgan fingerprint density at radius 1 is 1.33 bits per heavy atom. The summed E-state index contributed by atoms with van der Waals surface area (Å²) in [5, 5.41) is 1.48. The van der Waals surface area contributed by atoms with E-state index in [9.17, 15) is 0 Å². The lowest BCUT2D eigenvalue weighted by atomic mass is 9.90. The molecule has 15 heavy (non-hydrogen) atoms. The van der Waals surface area contributed by atoms with Gasteiger partial charge in [0.25, 0.3) is 0 Å². The predicted octanol–water partition coefficient (Wildman–Crippen LogP) is 3.67. The maximum Gasteiger partial charge on any atom is 0.0221 e. The second-order valence-corrected chi connectivity index (χ2v) is 7.63. The van der Waals surface area contributed by atoms with Gasteiger partial charge >= 0.3 is 0 Å². The van der Waals surface area contributed by atoms with Gasteiger partial charge in [-0.05, 0) is 24.2 Å². The SMILES string of the molecule is CC1CCCC(SC(CN)C(C)(C)C)C1. The molecule has 1 saturated carbocycles. The van der Waals surface area contributed by atoms with Crippen molar-refractivity contribution < 1.29 is 0 Å². The van der Waals surface area contributed by atoms with Gasteiger partial charge in [-0.3, -0.25) is 0 Å². The second-order valence-electron chi connectivity index (χ2n) is 6.12. The minimum atomic E-state index is 0.347. The highest BCUT2D eigenvalue weighted by molar-refractivity contribution is 8.00.